The topological polar surface area (TPSA) is 42.4 Å². The minimum absolute atomic E-state index is 0.232. The monoisotopic (exact) mass is 296 g/mol. The molecule has 0 spiro atoms. The summed E-state index contributed by atoms with van der Waals surface area (Å²) >= 11 is 0. The number of amides is 1. The van der Waals surface area contributed by atoms with Gasteiger partial charge in [-0.25, -0.2) is 4.79 Å². The van der Waals surface area contributed by atoms with Crippen molar-refractivity contribution in [1.82, 2.24) is 9.88 Å². The molecule has 0 aliphatic carbocycles. The van der Waals surface area contributed by atoms with E-state index in [0.717, 1.165) is 30.6 Å². The van der Waals surface area contributed by atoms with E-state index in [4.69, 9.17) is 4.74 Å². The molecule has 3 rings (SSSR count). The number of carbonyl (C=O) groups is 1. The van der Waals surface area contributed by atoms with Crippen LogP contribution < -0.4 is 0 Å². The summed E-state index contributed by atoms with van der Waals surface area (Å²) in [6.07, 6.45) is 3.63. The molecule has 1 aromatic heterocycles. The lowest BCUT2D eigenvalue weighted by Crippen LogP contribution is -2.39. The van der Waals surface area contributed by atoms with Crippen molar-refractivity contribution in [3.05, 3.63) is 66.0 Å². The van der Waals surface area contributed by atoms with Crippen LogP contribution in [0.1, 0.15) is 30.0 Å². The zero-order valence-electron chi connectivity index (χ0n) is 12.5. The Morgan fingerprint density at radius 2 is 2.00 bits per heavy atom. The average Bonchev–Trinajstić information content (AvgIpc) is 2.61. The number of ether oxygens (including phenoxy) is 1. The summed E-state index contributed by atoms with van der Waals surface area (Å²) in [5.41, 5.74) is 2.07. The highest BCUT2D eigenvalue weighted by molar-refractivity contribution is 5.67. The number of aromatic nitrogens is 1. The molecular formula is C18H20N2O2. The second-order valence-electron chi connectivity index (χ2n) is 5.58. The lowest BCUT2D eigenvalue weighted by atomic mass is 9.94. The number of likely N-dealkylation sites (tertiary alicyclic amines) is 1. The van der Waals surface area contributed by atoms with Gasteiger partial charge in [-0.1, -0.05) is 36.4 Å². The number of nitrogens with zero attached hydrogens (tertiary/aromatic N) is 2. The van der Waals surface area contributed by atoms with Crippen LogP contribution in [0.15, 0.2) is 54.7 Å². The summed E-state index contributed by atoms with van der Waals surface area (Å²) in [4.78, 5) is 18.4. The van der Waals surface area contributed by atoms with Crippen molar-refractivity contribution in [2.75, 3.05) is 13.1 Å². The van der Waals surface area contributed by atoms with Gasteiger partial charge in [0.25, 0.3) is 0 Å². The van der Waals surface area contributed by atoms with Crippen molar-refractivity contribution in [3.8, 4) is 0 Å². The molecule has 1 unspecified atom stereocenters. The average molecular weight is 296 g/mol. The summed E-state index contributed by atoms with van der Waals surface area (Å²) in [6, 6.07) is 15.7. The Morgan fingerprint density at radius 1 is 1.18 bits per heavy atom. The molecular weight excluding hydrogens is 276 g/mol. The van der Waals surface area contributed by atoms with E-state index in [0.29, 0.717) is 19.1 Å². The van der Waals surface area contributed by atoms with Gasteiger partial charge in [0.1, 0.15) is 6.61 Å². The molecule has 1 atom stereocenters. The molecule has 0 saturated carbocycles. The highest BCUT2D eigenvalue weighted by atomic mass is 16.6. The van der Waals surface area contributed by atoms with Gasteiger partial charge >= 0.3 is 6.09 Å². The van der Waals surface area contributed by atoms with Crippen molar-refractivity contribution in [1.29, 1.82) is 0 Å². The molecule has 1 amide bonds. The maximum absolute atomic E-state index is 12.2. The van der Waals surface area contributed by atoms with Gasteiger partial charge < -0.3 is 9.64 Å². The molecule has 22 heavy (non-hydrogen) atoms. The fourth-order valence-corrected chi connectivity index (χ4v) is 2.81. The third-order valence-electron chi connectivity index (χ3n) is 3.99. The Balaban J connectivity index is 1.56. The van der Waals surface area contributed by atoms with E-state index in [2.05, 4.69) is 4.98 Å². The summed E-state index contributed by atoms with van der Waals surface area (Å²) in [5, 5.41) is 0. The Bertz CT molecular complexity index is 601. The normalized spacial score (nSPS) is 18.0. The molecule has 2 heterocycles. The van der Waals surface area contributed by atoms with Crippen molar-refractivity contribution < 1.29 is 9.53 Å². The highest BCUT2D eigenvalue weighted by Gasteiger charge is 2.26. The van der Waals surface area contributed by atoms with Crippen molar-refractivity contribution >= 4 is 6.09 Å². The Labute approximate surface area is 130 Å². The van der Waals surface area contributed by atoms with Crippen molar-refractivity contribution in [2.45, 2.75) is 25.4 Å². The van der Waals surface area contributed by atoms with Crippen LogP contribution in [-0.2, 0) is 11.3 Å². The summed E-state index contributed by atoms with van der Waals surface area (Å²) in [6.45, 7) is 1.77. The molecule has 1 saturated heterocycles. The van der Waals surface area contributed by atoms with Crippen LogP contribution in [0.2, 0.25) is 0 Å². The van der Waals surface area contributed by atoms with Crippen LogP contribution in [0.4, 0.5) is 4.79 Å². The van der Waals surface area contributed by atoms with E-state index in [1.165, 1.54) is 0 Å². The first kappa shape index (κ1) is 14.6. The van der Waals surface area contributed by atoms with Crippen LogP contribution in [0.25, 0.3) is 0 Å². The number of benzene rings is 1. The van der Waals surface area contributed by atoms with Gasteiger partial charge in [-0.05, 0) is 30.5 Å². The zero-order chi connectivity index (χ0) is 15.2. The molecule has 0 bridgehead atoms. The first-order valence-corrected chi connectivity index (χ1v) is 7.69. The summed E-state index contributed by atoms with van der Waals surface area (Å²) in [5.74, 6) is 0.305. The maximum atomic E-state index is 12.2. The first-order valence-electron chi connectivity index (χ1n) is 7.69. The van der Waals surface area contributed by atoms with E-state index in [-0.39, 0.29) is 6.09 Å². The minimum atomic E-state index is -0.232. The molecule has 114 valence electrons. The van der Waals surface area contributed by atoms with Gasteiger partial charge in [0, 0.05) is 30.9 Å². The Hall–Kier alpha value is -2.36. The molecule has 1 aromatic carbocycles. The van der Waals surface area contributed by atoms with Gasteiger partial charge in [-0.3, -0.25) is 4.98 Å². The maximum Gasteiger partial charge on any atom is 0.410 e. The van der Waals surface area contributed by atoms with Gasteiger partial charge in [-0.15, -0.1) is 0 Å². The van der Waals surface area contributed by atoms with Crippen molar-refractivity contribution in [2.24, 2.45) is 0 Å². The van der Waals surface area contributed by atoms with Crippen LogP contribution in [0, 0.1) is 0 Å². The highest BCUT2D eigenvalue weighted by Crippen LogP contribution is 2.25. The van der Waals surface area contributed by atoms with Gasteiger partial charge in [0.2, 0.25) is 0 Å². The van der Waals surface area contributed by atoms with Gasteiger partial charge in [-0.2, -0.15) is 0 Å². The number of pyridine rings is 1. The lowest BCUT2D eigenvalue weighted by Gasteiger charge is -2.31. The molecule has 1 aliphatic heterocycles. The van der Waals surface area contributed by atoms with Crippen LogP contribution in [-0.4, -0.2) is 29.1 Å². The van der Waals surface area contributed by atoms with Crippen LogP contribution in [0.5, 0.6) is 0 Å². The molecule has 1 fully saturated rings. The van der Waals surface area contributed by atoms with E-state index < -0.39 is 0 Å². The fraction of sp³-hybridized carbons (Fsp3) is 0.333. The van der Waals surface area contributed by atoms with Crippen molar-refractivity contribution in [3.63, 3.8) is 0 Å². The standard InChI is InChI=1S/C18H20N2O2/c21-18(22-14-15-7-2-1-3-8-15)20-12-6-9-16(13-20)17-10-4-5-11-19-17/h1-5,7-8,10-11,16H,6,9,12-14H2. The predicted octanol–water partition coefficient (Wildman–Crippen LogP) is 3.60. The number of carbonyl (C=O) groups excluding carboxylic acids is 1. The SMILES string of the molecule is O=C(OCc1ccccc1)N1CCCC(c2ccccn2)C1. The Morgan fingerprint density at radius 3 is 2.77 bits per heavy atom. The Kier molecular flexibility index (Phi) is 4.68. The van der Waals surface area contributed by atoms with E-state index >= 15 is 0 Å². The van der Waals surface area contributed by atoms with Gasteiger partial charge in [0.15, 0.2) is 0 Å². The van der Waals surface area contributed by atoms with E-state index in [1.807, 2.05) is 54.7 Å². The number of hydrogen-bond donors (Lipinski definition) is 0. The summed E-state index contributed by atoms with van der Waals surface area (Å²) in [7, 11) is 0. The largest absolute Gasteiger partial charge is 0.445 e. The van der Waals surface area contributed by atoms with E-state index in [9.17, 15) is 4.79 Å². The molecule has 4 nitrogen and oxygen atoms in total. The third kappa shape index (κ3) is 3.64. The van der Waals surface area contributed by atoms with Gasteiger partial charge in [0.05, 0.1) is 0 Å². The predicted molar refractivity (Wildman–Crippen MR) is 84.4 cm³/mol. The molecule has 4 heteroatoms. The molecule has 0 N–H and O–H groups in total. The zero-order valence-corrected chi connectivity index (χ0v) is 12.5. The fourth-order valence-electron chi connectivity index (χ4n) is 2.81. The quantitative estimate of drug-likeness (QED) is 0.869. The molecule has 1 aliphatic rings. The smallest absolute Gasteiger partial charge is 0.410 e. The van der Waals surface area contributed by atoms with E-state index in [1.54, 1.807) is 4.90 Å². The summed E-state index contributed by atoms with van der Waals surface area (Å²) < 4.78 is 5.42. The lowest BCUT2D eigenvalue weighted by molar-refractivity contribution is 0.0856. The minimum Gasteiger partial charge on any atom is -0.445 e. The van der Waals surface area contributed by atoms with Crippen LogP contribution in [0.3, 0.4) is 0 Å². The van der Waals surface area contributed by atoms with Crippen LogP contribution >= 0.6 is 0 Å². The number of hydrogen-bond acceptors (Lipinski definition) is 3. The first-order chi connectivity index (χ1) is 10.8. The number of piperidine rings is 1. The second-order valence-corrected chi connectivity index (χ2v) is 5.58. The third-order valence-corrected chi connectivity index (χ3v) is 3.99. The number of rotatable bonds is 3. The molecule has 2 aromatic rings. The second kappa shape index (κ2) is 7.07. The molecule has 0 radical (unpaired) electrons.